The van der Waals surface area contributed by atoms with Gasteiger partial charge < -0.3 is 20.2 Å². The van der Waals surface area contributed by atoms with E-state index < -0.39 is 5.82 Å². The molecule has 0 bridgehead atoms. The number of hydrogen-bond acceptors (Lipinski definition) is 8. The van der Waals surface area contributed by atoms with Crippen molar-refractivity contribution in [3.63, 3.8) is 0 Å². The maximum Gasteiger partial charge on any atom is 0.248 e. The van der Waals surface area contributed by atoms with Crippen LogP contribution in [0.4, 0.5) is 27.5 Å². The van der Waals surface area contributed by atoms with Crippen LogP contribution in [-0.4, -0.2) is 25.3 Å². The second-order valence-electron chi connectivity index (χ2n) is 7.05. The summed E-state index contributed by atoms with van der Waals surface area (Å²) in [5.74, 6) is 0.380. The third-order valence-electron chi connectivity index (χ3n) is 4.66. The van der Waals surface area contributed by atoms with Crippen LogP contribution in [0.1, 0.15) is 0 Å². The lowest BCUT2D eigenvalue weighted by atomic mass is 10.2. The van der Waals surface area contributed by atoms with E-state index in [0.717, 1.165) is 11.8 Å². The van der Waals surface area contributed by atoms with Crippen molar-refractivity contribution in [2.75, 3.05) is 10.6 Å². The average molecular weight is 440 g/mol. The van der Waals surface area contributed by atoms with Crippen molar-refractivity contribution in [2.24, 2.45) is 0 Å². The lowest BCUT2D eigenvalue weighted by molar-refractivity contribution is 0.475. The first-order valence-electron chi connectivity index (χ1n) is 9.99. The third kappa shape index (κ3) is 4.62. The Morgan fingerprint density at radius 2 is 1.45 bits per heavy atom. The first kappa shape index (κ1) is 20.1. The Labute approximate surface area is 187 Å². The summed E-state index contributed by atoms with van der Waals surface area (Å²) in [4.78, 5) is 8.15. The highest BCUT2D eigenvalue weighted by atomic mass is 19.1. The number of anilines is 4. The van der Waals surface area contributed by atoms with Crippen LogP contribution in [0.2, 0.25) is 0 Å². The van der Waals surface area contributed by atoms with Crippen LogP contribution < -0.4 is 10.6 Å². The molecule has 8 nitrogen and oxygen atoms in total. The SMILES string of the molecule is Oc1cccc(Nc2ncc(F)c(Nc3cccc(-c4nnc(-c5ccccc5)o4)c3)n2)c1. The van der Waals surface area contributed by atoms with Crippen LogP contribution >= 0.6 is 0 Å². The van der Waals surface area contributed by atoms with Gasteiger partial charge in [-0.05, 0) is 42.5 Å². The van der Waals surface area contributed by atoms with E-state index in [9.17, 15) is 9.50 Å². The number of aromatic hydroxyl groups is 1. The van der Waals surface area contributed by atoms with Gasteiger partial charge in [0, 0.05) is 28.6 Å². The summed E-state index contributed by atoms with van der Waals surface area (Å²) in [5, 5.41) is 23.7. The molecule has 0 radical (unpaired) electrons. The zero-order valence-electron chi connectivity index (χ0n) is 17.1. The molecule has 0 saturated carbocycles. The second kappa shape index (κ2) is 8.75. The van der Waals surface area contributed by atoms with Gasteiger partial charge in [0.2, 0.25) is 17.7 Å². The predicted molar refractivity (Wildman–Crippen MR) is 122 cm³/mol. The molecule has 162 valence electrons. The molecule has 9 heteroatoms. The van der Waals surface area contributed by atoms with E-state index in [1.54, 1.807) is 36.4 Å². The maximum atomic E-state index is 14.4. The molecule has 3 aromatic carbocycles. The Kier molecular flexibility index (Phi) is 5.34. The molecule has 3 N–H and O–H groups in total. The van der Waals surface area contributed by atoms with Crippen LogP contribution in [0.3, 0.4) is 0 Å². The van der Waals surface area contributed by atoms with E-state index in [2.05, 4.69) is 30.8 Å². The Hall–Kier alpha value is -4.79. The van der Waals surface area contributed by atoms with Crippen molar-refractivity contribution >= 4 is 23.1 Å². The normalized spacial score (nSPS) is 10.7. The van der Waals surface area contributed by atoms with Gasteiger partial charge in [0.25, 0.3) is 0 Å². The van der Waals surface area contributed by atoms with Crippen molar-refractivity contribution in [2.45, 2.75) is 0 Å². The maximum absolute atomic E-state index is 14.4. The van der Waals surface area contributed by atoms with Crippen LogP contribution in [0.25, 0.3) is 22.9 Å². The number of rotatable bonds is 6. The summed E-state index contributed by atoms with van der Waals surface area (Å²) < 4.78 is 20.2. The molecule has 0 aliphatic carbocycles. The first-order chi connectivity index (χ1) is 16.1. The van der Waals surface area contributed by atoms with Gasteiger partial charge in [-0.3, -0.25) is 0 Å². The zero-order chi connectivity index (χ0) is 22.6. The van der Waals surface area contributed by atoms with Crippen molar-refractivity contribution in [1.82, 2.24) is 20.2 Å². The smallest absolute Gasteiger partial charge is 0.248 e. The molecular formula is C24H17FN6O2. The van der Waals surface area contributed by atoms with Crippen LogP contribution in [0, 0.1) is 5.82 Å². The topological polar surface area (TPSA) is 109 Å². The minimum Gasteiger partial charge on any atom is -0.508 e. The van der Waals surface area contributed by atoms with E-state index in [1.807, 2.05) is 36.4 Å². The Balaban J connectivity index is 1.37. The number of phenolic OH excluding ortho intramolecular Hbond substituents is 1. The van der Waals surface area contributed by atoms with Crippen LogP contribution in [-0.2, 0) is 0 Å². The number of nitrogens with one attached hydrogen (secondary N) is 2. The second-order valence-corrected chi connectivity index (χ2v) is 7.05. The van der Waals surface area contributed by atoms with Gasteiger partial charge in [-0.15, -0.1) is 10.2 Å². The molecule has 0 fully saturated rings. The van der Waals surface area contributed by atoms with Gasteiger partial charge >= 0.3 is 0 Å². The zero-order valence-corrected chi connectivity index (χ0v) is 17.1. The lowest BCUT2D eigenvalue weighted by Crippen LogP contribution is -2.03. The fourth-order valence-corrected chi connectivity index (χ4v) is 3.13. The van der Waals surface area contributed by atoms with E-state index in [0.29, 0.717) is 28.7 Å². The molecule has 5 aromatic rings. The molecule has 5 rings (SSSR count). The lowest BCUT2D eigenvalue weighted by Gasteiger charge is -2.10. The third-order valence-corrected chi connectivity index (χ3v) is 4.66. The number of benzene rings is 3. The number of phenols is 1. The van der Waals surface area contributed by atoms with E-state index >= 15 is 0 Å². The molecular weight excluding hydrogens is 423 g/mol. The van der Waals surface area contributed by atoms with Crippen LogP contribution in [0.15, 0.2) is 89.5 Å². The quantitative estimate of drug-likeness (QED) is 0.316. The summed E-state index contributed by atoms with van der Waals surface area (Å²) in [6, 6.07) is 23.1. The van der Waals surface area contributed by atoms with Crippen molar-refractivity contribution in [3.8, 4) is 28.7 Å². The molecule has 33 heavy (non-hydrogen) atoms. The van der Waals surface area contributed by atoms with Gasteiger partial charge in [-0.25, -0.2) is 9.37 Å². The average Bonchev–Trinajstić information content (AvgIpc) is 3.33. The fourth-order valence-electron chi connectivity index (χ4n) is 3.13. The summed E-state index contributed by atoms with van der Waals surface area (Å²) in [5.41, 5.74) is 2.63. The van der Waals surface area contributed by atoms with Gasteiger partial charge in [0.05, 0.1) is 6.20 Å². The van der Waals surface area contributed by atoms with Gasteiger partial charge in [0.1, 0.15) is 5.75 Å². The van der Waals surface area contributed by atoms with E-state index in [1.165, 1.54) is 6.07 Å². The first-order valence-corrected chi connectivity index (χ1v) is 9.99. The molecule has 0 amide bonds. The van der Waals surface area contributed by atoms with E-state index in [4.69, 9.17) is 4.42 Å². The minimum atomic E-state index is -0.619. The highest BCUT2D eigenvalue weighted by Crippen LogP contribution is 2.27. The molecule has 0 aliphatic rings. The molecule has 0 aliphatic heterocycles. The standard InChI is InChI=1S/C24H17FN6O2/c25-20-14-26-24(28-18-10-5-11-19(32)13-18)29-21(20)27-17-9-4-8-16(12-17)23-31-30-22(33-23)15-6-2-1-3-7-15/h1-14,32H,(H2,26,27,28,29). The van der Waals surface area contributed by atoms with Crippen molar-refractivity contribution in [1.29, 1.82) is 0 Å². The van der Waals surface area contributed by atoms with Gasteiger partial charge in [-0.2, -0.15) is 4.98 Å². The van der Waals surface area contributed by atoms with Crippen molar-refractivity contribution < 1.29 is 13.9 Å². The highest BCUT2D eigenvalue weighted by Gasteiger charge is 2.12. The van der Waals surface area contributed by atoms with Crippen LogP contribution in [0.5, 0.6) is 5.75 Å². The molecule has 2 aromatic heterocycles. The fraction of sp³-hybridized carbons (Fsp3) is 0. The van der Waals surface area contributed by atoms with Gasteiger partial charge in [0.15, 0.2) is 11.6 Å². The molecule has 0 atom stereocenters. The predicted octanol–water partition coefficient (Wildman–Crippen LogP) is 5.53. The largest absolute Gasteiger partial charge is 0.508 e. The number of hydrogen-bond donors (Lipinski definition) is 3. The highest BCUT2D eigenvalue weighted by molar-refractivity contribution is 5.67. The Bertz CT molecular complexity index is 1410. The van der Waals surface area contributed by atoms with Crippen molar-refractivity contribution in [3.05, 3.63) is 90.9 Å². The monoisotopic (exact) mass is 440 g/mol. The molecule has 0 unspecified atom stereocenters. The Morgan fingerprint density at radius 1 is 0.758 bits per heavy atom. The molecule has 2 heterocycles. The number of nitrogens with zero attached hydrogens (tertiary/aromatic N) is 4. The molecule has 0 saturated heterocycles. The summed E-state index contributed by atoms with van der Waals surface area (Å²) in [7, 11) is 0. The van der Waals surface area contributed by atoms with Gasteiger partial charge in [-0.1, -0.05) is 30.3 Å². The number of aromatic nitrogens is 4. The number of halogens is 1. The summed E-state index contributed by atoms with van der Waals surface area (Å²) >= 11 is 0. The Morgan fingerprint density at radius 3 is 2.24 bits per heavy atom. The van der Waals surface area contributed by atoms with E-state index in [-0.39, 0.29) is 17.5 Å². The minimum absolute atomic E-state index is 0.0136. The molecule has 0 spiro atoms. The summed E-state index contributed by atoms with van der Waals surface area (Å²) in [6.07, 6.45) is 1.06. The summed E-state index contributed by atoms with van der Waals surface area (Å²) in [6.45, 7) is 0.